The van der Waals surface area contributed by atoms with Crippen LogP contribution in [0, 0.1) is 0 Å². The van der Waals surface area contributed by atoms with Crippen molar-refractivity contribution in [3.63, 3.8) is 0 Å². The van der Waals surface area contributed by atoms with Crippen LogP contribution in [0.2, 0.25) is 0 Å². The minimum absolute atomic E-state index is 0.497. The number of rotatable bonds is 3. The van der Waals surface area contributed by atoms with Gasteiger partial charge in [0.05, 0.1) is 12.8 Å². The number of hydrogen-bond acceptors (Lipinski definition) is 4. The summed E-state index contributed by atoms with van der Waals surface area (Å²) >= 11 is 0. The minimum Gasteiger partial charge on any atom is -0.481 e. The van der Waals surface area contributed by atoms with Gasteiger partial charge in [-0.2, -0.15) is 4.98 Å². The van der Waals surface area contributed by atoms with E-state index in [1.807, 2.05) is 6.07 Å². The molecule has 4 heteroatoms. The van der Waals surface area contributed by atoms with E-state index in [2.05, 4.69) is 10.3 Å². The maximum absolute atomic E-state index is 5.38. The minimum atomic E-state index is 0.497. The largest absolute Gasteiger partial charge is 0.481 e. The Labute approximate surface area is 115 Å². The van der Waals surface area contributed by atoms with Gasteiger partial charge in [0, 0.05) is 17.9 Å². The molecule has 2 fully saturated rings. The van der Waals surface area contributed by atoms with Crippen LogP contribution >= 0.6 is 0 Å². The van der Waals surface area contributed by atoms with Crippen molar-refractivity contribution >= 4 is 0 Å². The molecule has 1 N–H and O–H groups in total. The molecule has 19 heavy (non-hydrogen) atoms. The van der Waals surface area contributed by atoms with Gasteiger partial charge in [-0.25, -0.2) is 4.98 Å². The molecule has 3 rings (SSSR count). The lowest BCUT2D eigenvalue weighted by Crippen LogP contribution is -2.27. The van der Waals surface area contributed by atoms with E-state index in [0.29, 0.717) is 11.8 Å². The molecule has 1 aromatic rings. The Morgan fingerprint density at radius 1 is 1.05 bits per heavy atom. The average Bonchev–Trinajstić information content (AvgIpc) is 3.02. The summed E-state index contributed by atoms with van der Waals surface area (Å²) in [7, 11) is 1.70. The number of aromatic nitrogens is 2. The molecule has 1 aliphatic heterocycles. The molecule has 1 saturated heterocycles. The topological polar surface area (TPSA) is 47.0 Å². The quantitative estimate of drug-likeness (QED) is 0.908. The van der Waals surface area contributed by atoms with E-state index in [9.17, 15) is 0 Å². The van der Waals surface area contributed by atoms with Crippen molar-refractivity contribution in [3.8, 4) is 5.88 Å². The molecule has 4 nitrogen and oxygen atoms in total. The zero-order chi connectivity index (χ0) is 13.1. The van der Waals surface area contributed by atoms with Gasteiger partial charge in [-0.05, 0) is 38.8 Å². The molecule has 2 aliphatic rings. The number of hydrogen-bond donors (Lipinski definition) is 1. The molecule has 1 aliphatic carbocycles. The number of methoxy groups -OCH3 is 1. The average molecular weight is 261 g/mol. The molecule has 0 aromatic carbocycles. The summed E-state index contributed by atoms with van der Waals surface area (Å²) < 4.78 is 5.38. The third-order valence-corrected chi connectivity index (χ3v) is 4.43. The molecular formula is C15H23N3O. The zero-order valence-corrected chi connectivity index (χ0v) is 11.7. The summed E-state index contributed by atoms with van der Waals surface area (Å²) in [6.45, 7) is 2.15. The Kier molecular flexibility index (Phi) is 3.97. The first-order valence-electron chi connectivity index (χ1n) is 7.50. The highest BCUT2D eigenvalue weighted by Crippen LogP contribution is 2.35. The molecule has 1 saturated carbocycles. The first-order chi connectivity index (χ1) is 9.36. The number of ether oxygens (including phenoxy) is 1. The number of nitrogens with one attached hydrogen (secondary N) is 1. The Balaban J connectivity index is 1.87. The smallest absolute Gasteiger partial charge is 0.216 e. The van der Waals surface area contributed by atoms with E-state index in [-0.39, 0.29) is 0 Å². The van der Waals surface area contributed by atoms with Gasteiger partial charge in [-0.1, -0.05) is 12.8 Å². The van der Waals surface area contributed by atoms with Crippen LogP contribution in [-0.2, 0) is 0 Å². The number of piperidine rings is 1. The molecule has 0 amide bonds. The van der Waals surface area contributed by atoms with Crippen LogP contribution < -0.4 is 10.1 Å². The van der Waals surface area contributed by atoms with Crippen molar-refractivity contribution in [1.29, 1.82) is 0 Å². The van der Waals surface area contributed by atoms with Crippen LogP contribution in [0.5, 0.6) is 5.88 Å². The van der Waals surface area contributed by atoms with Crippen LogP contribution in [0.4, 0.5) is 0 Å². The molecule has 0 atom stereocenters. The van der Waals surface area contributed by atoms with E-state index in [1.54, 1.807) is 7.11 Å². The number of nitrogens with zero attached hydrogens (tertiary/aromatic N) is 2. The maximum Gasteiger partial charge on any atom is 0.216 e. The fourth-order valence-electron chi connectivity index (χ4n) is 3.26. The monoisotopic (exact) mass is 261 g/mol. The highest BCUT2D eigenvalue weighted by Gasteiger charge is 2.23. The van der Waals surface area contributed by atoms with Gasteiger partial charge in [-0.15, -0.1) is 0 Å². The van der Waals surface area contributed by atoms with Crippen molar-refractivity contribution in [2.45, 2.75) is 50.4 Å². The first kappa shape index (κ1) is 12.9. The van der Waals surface area contributed by atoms with Crippen LogP contribution in [0.25, 0.3) is 0 Å². The van der Waals surface area contributed by atoms with E-state index in [4.69, 9.17) is 9.72 Å². The van der Waals surface area contributed by atoms with E-state index in [0.717, 1.165) is 37.6 Å². The summed E-state index contributed by atoms with van der Waals surface area (Å²) in [5, 5.41) is 3.40. The predicted molar refractivity (Wildman–Crippen MR) is 74.6 cm³/mol. The van der Waals surface area contributed by atoms with Gasteiger partial charge in [0.25, 0.3) is 0 Å². The third kappa shape index (κ3) is 2.89. The van der Waals surface area contributed by atoms with Gasteiger partial charge in [-0.3, -0.25) is 0 Å². The molecule has 0 spiro atoms. The van der Waals surface area contributed by atoms with E-state index < -0.39 is 0 Å². The molecule has 1 aromatic heterocycles. The first-order valence-corrected chi connectivity index (χ1v) is 7.50. The molecule has 0 unspecified atom stereocenters. The Morgan fingerprint density at radius 2 is 1.79 bits per heavy atom. The highest BCUT2D eigenvalue weighted by molar-refractivity contribution is 5.21. The second-order valence-corrected chi connectivity index (χ2v) is 5.70. The lowest BCUT2D eigenvalue weighted by atomic mass is 9.96. The predicted octanol–water partition coefficient (Wildman–Crippen LogP) is 2.61. The molecule has 0 bridgehead atoms. The Hall–Kier alpha value is -1.16. The third-order valence-electron chi connectivity index (χ3n) is 4.43. The lowest BCUT2D eigenvalue weighted by molar-refractivity contribution is 0.383. The van der Waals surface area contributed by atoms with Crippen LogP contribution in [-0.4, -0.2) is 30.2 Å². The maximum atomic E-state index is 5.38. The van der Waals surface area contributed by atoms with Gasteiger partial charge >= 0.3 is 0 Å². The van der Waals surface area contributed by atoms with Crippen molar-refractivity contribution < 1.29 is 4.74 Å². The fourth-order valence-corrected chi connectivity index (χ4v) is 3.26. The Morgan fingerprint density at radius 3 is 2.47 bits per heavy atom. The van der Waals surface area contributed by atoms with Crippen LogP contribution in [0.3, 0.4) is 0 Å². The molecule has 0 radical (unpaired) electrons. The normalized spacial score (nSPS) is 21.7. The van der Waals surface area contributed by atoms with Crippen molar-refractivity contribution in [2.75, 3.05) is 20.2 Å². The SMILES string of the molecule is COc1cc(C2CCCC2)nc(C2CCNCC2)n1. The summed E-state index contributed by atoms with van der Waals surface area (Å²) in [5.74, 6) is 2.86. The summed E-state index contributed by atoms with van der Waals surface area (Å²) in [6.07, 6.45) is 7.48. The highest BCUT2D eigenvalue weighted by atomic mass is 16.5. The summed E-state index contributed by atoms with van der Waals surface area (Å²) in [6, 6.07) is 2.04. The molecular weight excluding hydrogens is 238 g/mol. The molecule has 2 heterocycles. The van der Waals surface area contributed by atoms with Crippen molar-refractivity contribution in [2.24, 2.45) is 0 Å². The zero-order valence-electron chi connectivity index (χ0n) is 11.7. The second kappa shape index (κ2) is 5.87. The van der Waals surface area contributed by atoms with Crippen LogP contribution in [0.1, 0.15) is 61.9 Å². The fraction of sp³-hybridized carbons (Fsp3) is 0.733. The van der Waals surface area contributed by atoms with Gasteiger partial charge in [0.15, 0.2) is 0 Å². The van der Waals surface area contributed by atoms with Gasteiger partial charge in [0.2, 0.25) is 5.88 Å². The van der Waals surface area contributed by atoms with Gasteiger partial charge in [0.1, 0.15) is 5.82 Å². The summed E-state index contributed by atoms with van der Waals surface area (Å²) in [4.78, 5) is 9.45. The van der Waals surface area contributed by atoms with Crippen LogP contribution in [0.15, 0.2) is 6.07 Å². The Bertz CT molecular complexity index is 423. The van der Waals surface area contributed by atoms with E-state index in [1.165, 1.54) is 31.4 Å². The second-order valence-electron chi connectivity index (χ2n) is 5.70. The molecule has 104 valence electrons. The van der Waals surface area contributed by atoms with Crippen molar-refractivity contribution in [3.05, 3.63) is 17.6 Å². The lowest BCUT2D eigenvalue weighted by Gasteiger charge is -2.22. The van der Waals surface area contributed by atoms with Crippen molar-refractivity contribution in [1.82, 2.24) is 15.3 Å². The standard InChI is InChI=1S/C15H23N3O/c1-19-14-10-13(11-4-2-3-5-11)17-15(18-14)12-6-8-16-9-7-12/h10-12,16H,2-9H2,1H3. The van der Waals surface area contributed by atoms with E-state index >= 15 is 0 Å². The van der Waals surface area contributed by atoms with Gasteiger partial charge < -0.3 is 10.1 Å². The summed E-state index contributed by atoms with van der Waals surface area (Å²) in [5.41, 5.74) is 1.21.